The van der Waals surface area contributed by atoms with E-state index >= 15 is 0 Å². The molecule has 0 aromatic heterocycles. The number of rotatable bonds is 9. The Morgan fingerprint density at radius 1 is 1.10 bits per heavy atom. The van der Waals surface area contributed by atoms with Crippen LogP contribution in [-0.4, -0.2) is 60.1 Å². The van der Waals surface area contributed by atoms with Crippen molar-refractivity contribution < 1.29 is 27.9 Å². The highest BCUT2D eigenvalue weighted by molar-refractivity contribution is 7.89. The standard InChI is InChI=1S/C31H39N3O6S/c1-3-4-5-17-34-26-15-14-25(27-23-12-13-24(29(34)36)31(26,27)19(23)2)32-28(35)21-7-6-16-33(18-21)41(39,40)22-10-8-20(9-11-22)30(37)38/h8-11,14-15,19,21,23-24,27H,3-7,12-13,16-18H2,1-2H3,(H,32,35)(H,37,38)/t19-,21?,23?,24?,27?,31?/m1/s1. The first kappa shape index (κ1) is 28.2. The number of nitrogens with one attached hydrogen (secondary N) is 1. The molecule has 0 radical (unpaired) electrons. The van der Waals surface area contributed by atoms with E-state index in [1.165, 1.54) is 28.6 Å². The SMILES string of the molecule is CCCCCN1C(=O)C2CCC3C4C(NC(=O)C5CCCN(S(=O)(=O)c6ccc(C(=O)O)cc6)C5)=CC=C1C24[C@@H]3C. The van der Waals surface area contributed by atoms with Crippen molar-refractivity contribution in [3.05, 3.63) is 53.4 Å². The molecule has 1 aromatic carbocycles. The van der Waals surface area contributed by atoms with Crippen LogP contribution in [0.15, 0.2) is 52.7 Å². The Hall–Kier alpha value is -2.98. The fourth-order valence-corrected chi connectivity index (χ4v) is 10.1. The van der Waals surface area contributed by atoms with E-state index in [4.69, 9.17) is 5.11 Å². The maximum Gasteiger partial charge on any atom is 0.335 e. The second kappa shape index (κ2) is 10.4. The number of amides is 2. The van der Waals surface area contributed by atoms with E-state index in [0.717, 1.165) is 50.0 Å². The number of allylic oxidation sites excluding steroid dienone is 4. The Morgan fingerprint density at radius 2 is 1.85 bits per heavy atom. The number of carbonyl (C=O) groups is 3. The van der Waals surface area contributed by atoms with Crippen molar-refractivity contribution in [3.8, 4) is 0 Å². The highest BCUT2D eigenvalue weighted by Crippen LogP contribution is 2.75. The molecule has 4 aliphatic carbocycles. The molecule has 2 bridgehead atoms. The number of carbonyl (C=O) groups excluding carboxylic acids is 2. The van der Waals surface area contributed by atoms with E-state index in [1.807, 2.05) is 11.0 Å². The second-order valence-corrected chi connectivity index (χ2v) is 14.3. The molecular weight excluding hydrogens is 542 g/mol. The van der Waals surface area contributed by atoms with Gasteiger partial charge in [0.2, 0.25) is 21.8 Å². The summed E-state index contributed by atoms with van der Waals surface area (Å²) in [6.45, 7) is 5.56. The molecular formula is C31H39N3O6S. The van der Waals surface area contributed by atoms with Crippen LogP contribution in [0.3, 0.4) is 0 Å². The minimum atomic E-state index is -3.87. The molecule has 2 heterocycles. The lowest BCUT2D eigenvalue weighted by Gasteiger charge is -2.66. The molecule has 1 aromatic rings. The zero-order valence-corrected chi connectivity index (χ0v) is 24.5. The summed E-state index contributed by atoms with van der Waals surface area (Å²) in [5.41, 5.74) is 1.79. The van der Waals surface area contributed by atoms with Gasteiger partial charge in [-0.15, -0.1) is 0 Å². The van der Waals surface area contributed by atoms with E-state index < -0.39 is 21.9 Å². The summed E-state index contributed by atoms with van der Waals surface area (Å²) in [7, 11) is -3.87. The minimum Gasteiger partial charge on any atom is -0.478 e. The van der Waals surface area contributed by atoms with Crippen molar-refractivity contribution in [3.63, 3.8) is 0 Å². The Bertz CT molecular complexity index is 1430. The second-order valence-electron chi connectivity index (χ2n) is 12.4. The lowest BCUT2D eigenvalue weighted by atomic mass is 9.36. The molecule has 2 saturated heterocycles. The van der Waals surface area contributed by atoms with Gasteiger partial charge in [0, 0.05) is 42.4 Å². The van der Waals surface area contributed by atoms with Gasteiger partial charge < -0.3 is 15.3 Å². The molecule has 6 atom stereocenters. The van der Waals surface area contributed by atoms with Crippen LogP contribution < -0.4 is 5.32 Å². The fraction of sp³-hybridized carbons (Fsp3) is 0.581. The molecule has 220 valence electrons. The number of nitrogens with zero attached hydrogens (tertiary/aromatic N) is 2. The number of benzene rings is 1. The quantitative estimate of drug-likeness (QED) is 0.425. The molecule has 2 N–H and O–H groups in total. The van der Waals surface area contributed by atoms with Crippen LogP contribution in [0, 0.1) is 35.0 Å². The molecule has 41 heavy (non-hydrogen) atoms. The van der Waals surface area contributed by atoms with E-state index in [9.17, 15) is 22.8 Å². The summed E-state index contributed by atoms with van der Waals surface area (Å²) < 4.78 is 28.0. The van der Waals surface area contributed by atoms with Crippen LogP contribution in [0.25, 0.3) is 0 Å². The van der Waals surface area contributed by atoms with Crippen LogP contribution >= 0.6 is 0 Å². The summed E-state index contributed by atoms with van der Waals surface area (Å²) >= 11 is 0. The van der Waals surface area contributed by atoms with Crippen molar-refractivity contribution in [1.29, 1.82) is 0 Å². The van der Waals surface area contributed by atoms with Crippen LogP contribution in [0.1, 0.15) is 69.2 Å². The molecule has 2 aliphatic heterocycles. The van der Waals surface area contributed by atoms with Gasteiger partial charge in [-0.25, -0.2) is 13.2 Å². The highest BCUT2D eigenvalue weighted by Gasteiger charge is 2.74. The zero-order valence-electron chi connectivity index (χ0n) is 23.7. The summed E-state index contributed by atoms with van der Waals surface area (Å²) in [4.78, 5) is 40.4. The third kappa shape index (κ3) is 4.20. The van der Waals surface area contributed by atoms with Crippen LogP contribution in [-0.2, 0) is 19.6 Å². The number of sulfonamides is 1. The molecule has 7 rings (SSSR count). The van der Waals surface area contributed by atoms with Crippen LogP contribution in [0.4, 0.5) is 0 Å². The molecule has 5 fully saturated rings. The molecule has 10 heteroatoms. The molecule has 6 aliphatic rings. The van der Waals surface area contributed by atoms with Gasteiger partial charge in [0.15, 0.2) is 0 Å². The number of carboxylic acids is 1. The summed E-state index contributed by atoms with van der Waals surface area (Å²) in [5, 5.41) is 12.3. The minimum absolute atomic E-state index is 0.0163. The number of piperidine rings is 1. The monoisotopic (exact) mass is 581 g/mol. The molecule has 3 saturated carbocycles. The van der Waals surface area contributed by atoms with E-state index in [0.29, 0.717) is 31.2 Å². The maximum atomic E-state index is 13.6. The predicted molar refractivity (Wildman–Crippen MR) is 152 cm³/mol. The topological polar surface area (TPSA) is 124 Å². The third-order valence-corrected chi connectivity index (χ3v) is 12.4. The highest BCUT2D eigenvalue weighted by atomic mass is 32.2. The number of fused-ring (bicyclic) bond motifs is 1. The normalized spacial score (nSPS) is 32.5. The summed E-state index contributed by atoms with van der Waals surface area (Å²) in [6, 6.07) is 5.17. The molecule has 9 nitrogen and oxygen atoms in total. The van der Waals surface area contributed by atoms with Gasteiger partial charge >= 0.3 is 5.97 Å². The van der Waals surface area contributed by atoms with Crippen molar-refractivity contribution in [1.82, 2.24) is 14.5 Å². The number of unbranched alkanes of at least 4 members (excludes halogenated alkanes) is 2. The van der Waals surface area contributed by atoms with Crippen molar-refractivity contribution in [2.75, 3.05) is 19.6 Å². The summed E-state index contributed by atoms with van der Waals surface area (Å²) in [5.74, 6) is -0.686. The van der Waals surface area contributed by atoms with Gasteiger partial charge in [0.05, 0.1) is 22.3 Å². The van der Waals surface area contributed by atoms with Gasteiger partial charge in [0.1, 0.15) is 0 Å². The number of aromatic carboxylic acids is 1. The Labute approximate surface area is 241 Å². The van der Waals surface area contributed by atoms with Crippen molar-refractivity contribution in [2.24, 2.45) is 35.0 Å². The molecule has 5 unspecified atom stereocenters. The Balaban J connectivity index is 1.20. The number of hydrogen-bond donors (Lipinski definition) is 2. The van der Waals surface area contributed by atoms with E-state index in [1.54, 1.807) is 0 Å². The van der Waals surface area contributed by atoms with E-state index in [2.05, 4.69) is 25.2 Å². The van der Waals surface area contributed by atoms with Gasteiger partial charge in [0.25, 0.3) is 0 Å². The van der Waals surface area contributed by atoms with Crippen LogP contribution in [0.5, 0.6) is 0 Å². The van der Waals surface area contributed by atoms with Gasteiger partial charge in [-0.05, 0) is 80.4 Å². The van der Waals surface area contributed by atoms with Crippen molar-refractivity contribution >= 4 is 27.8 Å². The van der Waals surface area contributed by atoms with Gasteiger partial charge in [-0.1, -0.05) is 26.7 Å². The van der Waals surface area contributed by atoms with Gasteiger partial charge in [-0.3, -0.25) is 9.59 Å². The largest absolute Gasteiger partial charge is 0.478 e. The average molecular weight is 582 g/mol. The fourth-order valence-electron chi connectivity index (χ4n) is 8.55. The molecule has 2 amide bonds. The number of likely N-dealkylation sites (tertiary alicyclic amines) is 1. The van der Waals surface area contributed by atoms with Crippen molar-refractivity contribution in [2.45, 2.75) is 63.7 Å². The first-order valence-electron chi connectivity index (χ1n) is 15.0. The Kier molecular flexibility index (Phi) is 7.13. The predicted octanol–water partition coefficient (Wildman–Crippen LogP) is 3.99. The molecule has 1 spiro atoms. The maximum absolute atomic E-state index is 13.6. The number of hydrogen-bond acceptors (Lipinski definition) is 5. The lowest BCUT2D eigenvalue weighted by molar-refractivity contribution is -0.157. The lowest BCUT2D eigenvalue weighted by Crippen LogP contribution is -2.65. The smallest absolute Gasteiger partial charge is 0.335 e. The Morgan fingerprint density at radius 3 is 2.56 bits per heavy atom. The number of carboxylic acid groups (broad SMARTS) is 1. The summed E-state index contributed by atoms with van der Waals surface area (Å²) in [6.07, 6.45) is 10.3. The van der Waals surface area contributed by atoms with Crippen LogP contribution in [0.2, 0.25) is 0 Å². The van der Waals surface area contributed by atoms with Gasteiger partial charge in [-0.2, -0.15) is 4.31 Å². The first-order valence-corrected chi connectivity index (χ1v) is 16.4. The third-order valence-electron chi connectivity index (χ3n) is 10.5. The first-order chi connectivity index (χ1) is 19.6. The average Bonchev–Trinajstić information content (AvgIpc) is 3.24. The zero-order chi connectivity index (χ0) is 29.1. The van der Waals surface area contributed by atoms with E-state index in [-0.39, 0.29) is 46.1 Å².